The number of carboxylic acids is 1. The number of amides is 2. The number of nitrogens with two attached hydrogens (primary N) is 1. The standard InChI is InChI=1S/C29H24N8O6/c1-13-16-7-8-19(18(16)6-5-17(13)29(42)43)35-27(40)20-10-21(37-22(34-20)12-32-36-37)28(41)31-11-14-3-2-4-15(9-14)33-24-23(30)25(38)26(24)39/h2-6,9-10,12,19,33H,7-8,11,30H2,1H3,(H,31,41)(H,35,40)(H,42,43)/t19-/m0/s1. The lowest BCUT2D eigenvalue weighted by molar-refractivity contribution is 0.0695. The molecule has 0 fully saturated rings. The summed E-state index contributed by atoms with van der Waals surface area (Å²) in [7, 11) is 0. The Bertz CT molecular complexity index is 2040. The fraction of sp³-hybridized carbons (Fsp3) is 0.172. The maximum Gasteiger partial charge on any atom is 0.335 e. The molecule has 3 aromatic carbocycles. The number of rotatable bonds is 8. The van der Waals surface area contributed by atoms with Crippen molar-refractivity contribution >= 4 is 40.5 Å². The molecule has 6 N–H and O–H groups in total. The van der Waals surface area contributed by atoms with Crippen LogP contribution < -0.4 is 32.5 Å². The van der Waals surface area contributed by atoms with Crippen LogP contribution in [0.2, 0.25) is 0 Å². The molecule has 0 unspecified atom stereocenters. The zero-order chi connectivity index (χ0) is 30.4. The molecule has 14 heteroatoms. The molecule has 1 aliphatic carbocycles. The van der Waals surface area contributed by atoms with Crippen molar-refractivity contribution in [2.75, 3.05) is 11.1 Å². The van der Waals surface area contributed by atoms with Crippen LogP contribution in [0.15, 0.2) is 58.3 Å². The third-order valence-electron chi connectivity index (χ3n) is 7.56. The number of fused-ring (bicyclic) bond motifs is 2. The first kappa shape index (κ1) is 27.3. The normalized spacial score (nSPS) is 14.0. The molecular formula is C29H24N8O6. The second kappa shape index (κ2) is 10.5. The summed E-state index contributed by atoms with van der Waals surface area (Å²) in [6.07, 6.45) is 2.55. The Hall–Kier alpha value is -5.92. The maximum atomic E-state index is 13.3. The first-order valence-corrected chi connectivity index (χ1v) is 13.2. The molecule has 1 aliphatic rings. The first-order valence-electron chi connectivity index (χ1n) is 13.2. The first-order chi connectivity index (χ1) is 20.6. The molecule has 216 valence electrons. The van der Waals surface area contributed by atoms with Gasteiger partial charge in [-0.3, -0.25) is 19.2 Å². The van der Waals surface area contributed by atoms with Crippen LogP contribution in [0.5, 0.6) is 0 Å². The van der Waals surface area contributed by atoms with Crippen molar-refractivity contribution in [3.63, 3.8) is 0 Å². The number of carbonyl (C=O) groups excluding carboxylic acids is 2. The zero-order valence-electron chi connectivity index (χ0n) is 22.7. The van der Waals surface area contributed by atoms with Crippen LogP contribution in [-0.2, 0) is 13.0 Å². The number of hydrogen-bond acceptors (Lipinski definition) is 10. The van der Waals surface area contributed by atoms with Gasteiger partial charge in [0.2, 0.25) is 0 Å². The lowest BCUT2D eigenvalue weighted by atomic mass is 9.98. The highest BCUT2D eigenvalue weighted by Crippen LogP contribution is 2.35. The molecular weight excluding hydrogens is 556 g/mol. The number of benzene rings is 2. The predicted molar refractivity (Wildman–Crippen MR) is 154 cm³/mol. The van der Waals surface area contributed by atoms with Gasteiger partial charge in [-0.15, -0.1) is 5.10 Å². The minimum atomic E-state index is -0.999. The van der Waals surface area contributed by atoms with Crippen molar-refractivity contribution in [2.45, 2.75) is 32.4 Å². The predicted octanol–water partition coefficient (Wildman–Crippen LogP) is 1.40. The van der Waals surface area contributed by atoms with Crippen LogP contribution >= 0.6 is 0 Å². The van der Waals surface area contributed by atoms with Crippen molar-refractivity contribution in [3.05, 3.63) is 108 Å². The fourth-order valence-corrected chi connectivity index (χ4v) is 5.31. The van der Waals surface area contributed by atoms with Gasteiger partial charge in [0.25, 0.3) is 22.7 Å². The second-order valence-corrected chi connectivity index (χ2v) is 10.2. The van der Waals surface area contributed by atoms with Gasteiger partial charge in [0.1, 0.15) is 22.8 Å². The molecule has 0 saturated carbocycles. The highest BCUT2D eigenvalue weighted by atomic mass is 16.4. The smallest absolute Gasteiger partial charge is 0.335 e. The van der Waals surface area contributed by atoms with E-state index < -0.39 is 28.6 Å². The van der Waals surface area contributed by atoms with E-state index in [1.807, 2.05) is 0 Å². The number of aromatic nitrogens is 4. The third kappa shape index (κ3) is 4.84. The molecule has 14 nitrogen and oxygen atoms in total. The van der Waals surface area contributed by atoms with E-state index in [0.29, 0.717) is 29.7 Å². The van der Waals surface area contributed by atoms with Crippen LogP contribution in [-0.4, -0.2) is 42.7 Å². The second-order valence-electron chi connectivity index (χ2n) is 10.2. The van der Waals surface area contributed by atoms with Gasteiger partial charge in [-0.2, -0.15) is 4.52 Å². The quantitative estimate of drug-likeness (QED) is 0.166. The molecule has 5 aromatic rings. The van der Waals surface area contributed by atoms with Gasteiger partial charge in [-0.05, 0) is 60.2 Å². The van der Waals surface area contributed by atoms with E-state index >= 15 is 0 Å². The summed E-state index contributed by atoms with van der Waals surface area (Å²) >= 11 is 0. The largest absolute Gasteiger partial charge is 0.478 e. The molecule has 0 spiro atoms. The van der Waals surface area contributed by atoms with E-state index in [-0.39, 0.29) is 46.6 Å². The number of nitrogen functional groups attached to an aromatic ring is 1. The number of anilines is 3. The molecule has 6 rings (SSSR count). The Kier molecular flexibility index (Phi) is 6.65. The molecule has 0 aliphatic heterocycles. The maximum absolute atomic E-state index is 13.3. The van der Waals surface area contributed by atoms with Crippen molar-refractivity contribution in [1.82, 2.24) is 30.4 Å². The molecule has 2 aromatic heterocycles. The Labute approximate surface area is 242 Å². The number of aromatic carboxylic acids is 1. The Morgan fingerprint density at radius 3 is 2.67 bits per heavy atom. The van der Waals surface area contributed by atoms with Crippen molar-refractivity contribution in [2.24, 2.45) is 0 Å². The van der Waals surface area contributed by atoms with Gasteiger partial charge < -0.3 is 26.8 Å². The monoisotopic (exact) mass is 580 g/mol. The summed E-state index contributed by atoms with van der Waals surface area (Å²) in [5.41, 5.74) is 8.15. The van der Waals surface area contributed by atoms with Gasteiger partial charge in [0, 0.05) is 18.3 Å². The Morgan fingerprint density at radius 1 is 1.09 bits per heavy atom. The van der Waals surface area contributed by atoms with Crippen LogP contribution in [0.25, 0.3) is 5.65 Å². The fourth-order valence-electron chi connectivity index (χ4n) is 5.31. The highest BCUT2D eigenvalue weighted by Gasteiger charge is 2.28. The summed E-state index contributed by atoms with van der Waals surface area (Å²) in [5, 5.41) is 25.7. The topological polar surface area (TPSA) is 211 Å². The molecule has 0 bridgehead atoms. The van der Waals surface area contributed by atoms with Crippen molar-refractivity contribution in [1.29, 1.82) is 0 Å². The minimum absolute atomic E-state index is 0.0101. The lowest BCUT2D eigenvalue weighted by Gasteiger charge is -2.16. The van der Waals surface area contributed by atoms with E-state index in [1.54, 1.807) is 37.3 Å². The SMILES string of the molecule is Cc1c(C(=O)O)ccc2c1CC[C@@H]2NC(=O)c1cc(C(=O)NCc2cccc(Nc3c(N)c(=O)c3=O)c2)n2nncc2n1. The number of nitrogens with one attached hydrogen (secondary N) is 3. The summed E-state index contributed by atoms with van der Waals surface area (Å²) in [5.74, 6) is -2.05. The number of nitrogens with zero attached hydrogens (tertiary/aromatic N) is 4. The highest BCUT2D eigenvalue weighted by molar-refractivity contribution is 5.98. The number of hydrogen-bond donors (Lipinski definition) is 5. The van der Waals surface area contributed by atoms with Gasteiger partial charge in [-0.1, -0.05) is 23.4 Å². The molecule has 0 saturated heterocycles. The van der Waals surface area contributed by atoms with Gasteiger partial charge in [0.05, 0.1) is 17.8 Å². The summed E-state index contributed by atoms with van der Waals surface area (Å²) in [4.78, 5) is 65.5. The Morgan fingerprint density at radius 2 is 1.91 bits per heavy atom. The minimum Gasteiger partial charge on any atom is -0.478 e. The van der Waals surface area contributed by atoms with Crippen LogP contribution in [0.3, 0.4) is 0 Å². The van der Waals surface area contributed by atoms with E-state index in [4.69, 9.17) is 5.73 Å². The molecule has 2 heterocycles. The Balaban J connectivity index is 1.18. The lowest BCUT2D eigenvalue weighted by Crippen LogP contribution is -2.36. The molecule has 0 radical (unpaired) electrons. The van der Waals surface area contributed by atoms with E-state index in [2.05, 4.69) is 31.2 Å². The van der Waals surface area contributed by atoms with Crippen molar-refractivity contribution < 1.29 is 19.5 Å². The van der Waals surface area contributed by atoms with Gasteiger partial charge >= 0.3 is 5.97 Å². The summed E-state index contributed by atoms with van der Waals surface area (Å²) < 4.78 is 1.22. The average molecular weight is 581 g/mol. The third-order valence-corrected chi connectivity index (χ3v) is 7.56. The van der Waals surface area contributed by atoms with Crippen LogP contribution in [0.1, 0.15) is 66.1 Å². The molecule has 2 amide bonds. The van der Waals surface area contributed by atoms with Crippen molar-refractivity contribution in [3.8, 4) is 0 Å². The number of carbonyl (C=O) groups is 3. The molecule has 43 heavy (non-hydrogen) atoms. The van der Waals surface area contributed by atoms with E-state index in [9.17, 15) is 29.1 Å². The van der Waals surface area contributed by atoms with E-state index in [1.165, 1.54) is 22.8 Å². The van der Waals surface area contributed by atoms with Gasteiger partial charge in [-0.25, -0.2) is 9.78 Å². The van der Waals surface area contributed by atoms with E-state index in [0.717, 1.165) is 11.1 Å². The van der Waals surface area contributed by atoms with Crippen LogP contribution in [0, 0.1) is 6.92 Å². The van der Waals surface area contributed by atoms with Crippen LogP contribution in [0.4, 0.5) is 17.1 Å². The molecule has 1 atom stereocenters. The zero-order valence-corrected chi connectivity index (χ0v) is 22.7. The summed E-state index contributed by atoms with van der Waals surface area (Å²) in [6.45, 7) is 1.85. The summed E-state index contributed by atoms with van der Waals surface area (Å²) in [6, 6.07) is 11.1. The van der Waals surface area contributed by atoms with Gasteiger partial charge in [0.15, 0.2) is 5.65 Å². The number of carboxylic acid groups (broad SMARTS) is 1. The average Bonchev–Trinajstić information content (AvgIpc) is 3.65.